The van der Waals surface area contributed by atoms with Crippen LogP contribution in [-0.4, -0.2) is 31.1 Å². The number of carbonyl (C=O) groups excluding carboxylic acids is 1. The standard InChI is InChI=1S/C9H12N6O/c1-6-9(7(2)13-12-6)11-8(16)5-15-4-3-10-14-15/h3-4H,5H2,1-2H3,(H,11,16)(H,12,13). The molecule has 1 amide bonds. The van der Waals surface area contributed by atoms with Crippen LogP contribution in [0.2, 0.25) is 0 Å². The highest BCUT2D eigenvalue weighted by atomic mass is 16.2. The smallest absolute Gasteiger partial charge is 0.246 e. The van der Waals surface area contributed by atoms with Crippen molar-refractivity contribution < 1.29 is 4.79 Å². The first-order valence-corrected chi connectivity index (χ1v) is 4.82. The summed E-state index contributed by atoms with van der Waals surface area (Å²) in [4.78, 5) is 11.6. The molecule has 2 aromatic heterocycles. The Kier molecular flexibility index (Phi) is 2.67. The molecule has 0 aliphatic heterocycles. The molecule has 0 saturated heterocycles. The molecular formula is C9H12N6O. The minimum atomic E-state index is -0.155. The molecule has 16 heavy (non-hydrogen) atoms. The Morgan fingerprint density at radius 2 is 2.38 bits per heavy atom. The molecule has 2 heterocycles. The predicted molar refractivity (Wildman–Crippen MR) is 56.7 cm³/mol. The van der Waals surface area contributed by atoms with Gasteiger partial charge in [0, 0.05) is 6.20 Å². The predicted octanol–water partition coefficient (Wildman–Crippen LogP) is 0.257. The quantitative estimate of drug-likeness (QED) is 0.776. The van der Waals surface area contributed by atoms with Crippen LogP contribution >= 0.6 is 0 Å². The largest absolute Gasteiger partial charge is 0.321 e. The van der Waals surface area contributed by atoms with Crippen molar-refractivity contribution in [2.24, 2.45) is 0 Å². The molecule has 0 radical (unpaired) electrons. The number of aryl methyl sites for hydroxylation is 2. The van der Waals surface area contributed by atoms with Crippen molar-refractivity contribution in [2.75, 3.05) is 5.32 Å². The minimum absolute atomic E-state index is 0.143. The maximum absolute atomic E-state index is 11.6. The van der Waals surface area contributed by atoms with E-state index in [0.29, 0.717) is 0 Å². The third-order valence-electron chi connectivity index (χ3n) is 2.17. The van der Waals surface area contributed by atoms with Crippen LogP contribution in [0.1, 0.15) is 11.4 Å². The Bertz CT molecular complexity index is 467. The molecule has 0 fully saturated rings. The molecule has 0 saturated carbocycles. The third-order valence-corrected chi connectivity index (χ3v) is 2.17. The summed E-state index contributed by atoms with van der Waals surface area (Å²) in [6.07, 6.45) is 3.16. The second kappa shape index (κ2) is 4.13. The van der Waals surface area contributed by atoms with E-state index in [4.69, 9.17) is 0 Å². The second-order valence-electron chi connectivity index (χ2n) is 3.46. The lowest BCUT2D eigenvalue weighted by atomic mass is 10.3. The number of hydrogen-bond donors (Lipinski definition) is 2. The van der Waals surface area contributed by atoms with E-state index in [1.54, 1.807) is 6.20 Å². The Balaban J connectivity index is 2.03. The van der Waals surface area contributed by atoms with Crippen molar-refractivity contribution in [2.45, 2.75) is 20.4 Å². The van der Waals surface area contributed by atoms with Gasteiger partial charge in [0.1, 0.15) is 6.54 Å². The Morgan fingerprint density at radius 3 is 2.94 bits per heavy atom. The van der Waals surface area contributed by atoms with Crippen LogP contribution < -0.4 is 5.32 Å². The number of anilines is 1. The molecule has 0 aliphatic rings. The van der Waals surface area contributed by atoms with Crippen LogP contribution in [-0.2, 0) is 11.3 Å². The number of aromatic nitrogens is 5. The molecule has 0 atom stereocenters. The first-order chi connectivity index (χ1) is 7.66. The van der Waals surface area contributed by atoms with E-state index >= 15 is 0 Å². The maximum atomic E-state index is 11.6. The fourth-order valence-electron chi connectivity index (χ4n) is 1.38. The van der Waals surface area contributed by atoms with E-state index in [9.17, 15) is 4.79 Å². The molecule has 0 spiro atoms. The van der Waals surface area contributed by atoms with Crippen molar-refractivity contribution in [1.29, 1.82) is 0 Å². The molecule has 0 aliphatic carbocycles. The van der Waals surface area contributed by atoms with E-state index < -0.39 is 0 Å². The molecule has 7 heteroatoms. The van der Waals surface area contributed by atoms with Crippen LogP contribution in [0.25, 0.3) is 0 Å². The number of amides is 1. The van der Waals surface area contributed by atoms with Crippen LogP contribution in [0.4, 0.5) is 5.69 Å². The highest BCUT2D eigenvalue weighted by molar-refractivity contribution is 5.91. The third kappa shape index (κ3) is 2.08. The first kappa shape index (κ1) is 10.3. The van der Waals surface area contributed by atoms with E-state index in [0.717, 1.165) is 17.1 Å². The van der Waals surface area contributed by atoms with Gasteiger partial charge in [-0.25, -0.2) is 4.68 Å². The summed E-state index contributed by atoms with van der Waals surface area (Å²) in [5.74, 6) is -0.155. The zero-order valence-corrected chi connectivity index (χ0v) is 9.06. The van der Waals surface area contributed by atoms with Crippen molar-refractivity contribution in [3.63, 3.8) is 0 Å². The zero-order chi connectivity index (χ0) is 11.5. The second-order valence-corrected chi connectivity index (χ2v) is 3.46. The number of hydrogen-bond acceptors (Lipinski definition) is 4. The number of H-pyrrole nitrogens is 1. The van der Waals surface area contributed by atoms with Crippen LogP contribution in [0.3, 0.4) is 0 Å². The molecule has 2 N–H and O–H groups in total. The van der Waals surface area contributed by atoms with Crippen molar-refractivity contribution in [3.05, 3.63) is 23.8 Å². The normalized spacial score (nSPS) is 10.4. The van der Waals surface area contributed by atoms with E-state index in [-0.39, 0.29) is 12.5 Å². The highest BCUT2D eigenvalue weighted by Gasteiger charge is 2.10. The van der Waals surface area contributed by atoms with Gasteiger partial charge in [-0.15, -0.1) is 5.10 Å². The summed E-state index contributed by atoms with van der Waals surface area (Å²) in [6, 6.07) is 0. The summed E-state index contributed by atoms with van der Waals surface area (Å²) in [6.45, 7) is 3.82. The molecule has 84 valence electrons. The van der Waals surface area contributed by atoms with Gasteiger partial charge in [0.2, 0.25) is 5.91 Å². The molecule has 2 rings (SSSR count). The molecule has 0 bridgehead atoms. The SMILES string of the molecule is Cc1n[nH]c(C)c1NC(=O)Cn1ccnn1. The fraction of sp³-hybridized carbons (Fsp3) is 0.333. The summed E-state index contributed by atoms with van der Waals surface area (Å²) in [5.41, 5.74) is 2.33. The lowest BCUT2D eigenvalue weighted by molar-refractivity contribution is -0.116. The number of aromatic amines is 1. The monoisotopic (exact) mass is 220 g/mol. The maximum Gasteiger partial charge on any atom is 0.246 e. The Labute approximate surface area is 91.9 Å². The van der Waals surface area contributed by atoms with Gasteiger partial charge in [-0.3, -0.25) is 9.89 Å². The van der Waals surface area contributed by atoms with E-state index in [1.165, 1.54) is 10.9 Å². The van der Waals surface area contributed by atoms with Gasteiger partial charge >= 0.3 is 0 Å². The highest BCUT2D eigenvalue weighted by Crippen LogP contribution is 2.15. The summed E-state index contributed by atoms with van der Waals surface area (Å²) in [5, 5.41) is 16.9. The average Bonchev–Trinajstić information content (AvgIpc) is 2.83. The minimum Gasteiger partial charge on any atom is -0.321 e. The molecule has 7 nitrogen and oxygen atoms in total. The summed E-state index contributed by atoms with van der Waals surface area (Å²) in [7, 11) is 0. The molecule has 0 unspecified atom stereocenters. The van der Waals surface area contributed by atoms with Gasteiger partial charge in [-0.2, -0.15) is 5.10 Å². The van der Waals surface area contributed by atoms with Crippen LogP contribution in [0.5, 0.6) is 0 Å². The van der Waals surface area contributed by atoms with Gasteiger partial charge in [0.15, 0.2) is 0 Å². The van der Waals surface area contributed by atoms with Crippen molar-refractivity contribution in [1.82, 2.24) is 25.2 Å². The van der Waals surface area contributed by atoms with Crippen molar-refractivity contribution >= 4 is 11.6 Å². The topological polar surface area (TPSA) is 88.5 Å². The van der Waals surface area contributed by atoms with Gasteiger partial charge in [-0.1, -0.05) is 5.21 Å². The number of carbonyl (C=O) groups is 1. The Hall–Kier alpha value is -2.18. The fourth-order valence-corrected chi connectivity index (χ4v) is 1.38. The lowest BCUT2D eigenvalue weighted by Gasteiger charge is -2.04. The average molecular weight is 220 g/mol. The van der Waals surface area contributed by atoms with Gasteiger partial charge in [-0.05, 0) is 13.8 Å². The zero-order valence-electron chi connectivity index (χ0n) is 9.06. The van der Waals surface area contributed by atoms with Gasteiger partial charge in [0.25, 0.3) is 0 Å². The molecule has 2 aromatic rings. The van der Waals surface area contributed by atoms with Crippen molar-refractivity contribution in [3.8, 4) is 0 Å². The number of rotatable bonds is 3. The van der Waals surface area contributed by atoms with E-state index in [2.05, 4.69) is 25.8 Å². The number of nitrogens with zero attached hydrogens (tertiary/aromatic N) is 4. The molecule has 0 aromatic carbocycles. The molecular weight excluding hydrogens is 208 g/mol. The van der Waals surface area contributed by atoms with Crippen LogP contribution in [0.15, 0.2) is 12.4 Å². The summed E-state index contributed by atoms with van der Waals surface area (Å²) >= 11 is 0. The lowest BCUT2D eigenvalue weighted by Crippen LogP contribution is -2.19. The van der Waals surface area contributed by atoms with E-state index in [1.807, 2.05) is 13.8 Å². The first-order valence-electron chi connectivity index (χ1n) is 4.82. The Morgan fingerprint density at radius 1 is 1.56 bits per heavy atom. The summed E-state index contributed by atoms with van der Waals surface area (Å²) < 4.78 is 1.46. The van der Waals surface area contributed by atoms with Crippen LogP contribution in [0, 0.1) is 13.8 Å². The van der Waals surface area contributed by atoms with Gasteiger partial charge in [0.05, 0.1) is 23.3 Å². The number of nitrogens with one attached hydrogen (secondary N) is 2. The van der Waals surface area contributed by atoms with Gasteiger partial charge < -0.3 is 5.32 Å².